The van der Waals surface area contributed by atoms with Crippen LogP contribution in [-0.4, -0.2) is 33.3 Å². The van der Waals surface area contributed by atoms with Crippen LogP contribution in [0.3, 0.4) is 0 Å². The first-order valence-electron chi connectivity index (χ1n) is 6.59. The summed E-state index contributed by atoms with van der Waals surface area (Å²) in [6.45, 7) is 3.94. The number of carboxylic acid groups (broad SMARTS) is 1. The third-order valence-electron chi connectivity index (χ3n) is 3.68. The molecular formula is C14H20N2O3. The quantitative estimate of drug-likeness (QED) is 0.776. The van der Waals surface area contributed by atoms with Crippen LogP contribution in [0, 0.1) is 13.8 Å². The van der Waals surface area contributed by atoms with E-state index in [0.29, 0.717) is 17.9 Å². The van der Waals surface area contributed by atoms with Crippen LogP contribution < -0.4 is 5.32 Å². The Morgan fingerprint density at radius 2 is 2.05 bits per heavy atom. The van der Waals surface area contributed by atoms with Crippen LogP contribution in [-0.2, 0) is 0 Å². The number of aryl methyl sites for hydroxylation is 2. The highest BCUT2D eigenvalue weighted by molar-refractivity contribution is 5.94. The number of nitrogens with one attached hydrogen (secondary N) is 1. The molecule has 0 atom stereocenters. The second-order valence-corrected chi connectivity index (χ2v) is 5.39. The Labute approximate surface area is 112 Å². The summed E-state index contributed by atoms with van der Waals surface area (Å²) in [5, 5.41) is 22.6. The van der Waals surface area contributed by atoms with Crippen LogP contribution >= 0.6 is 0 Å². The van der Waals surface area contributed by atoms with Crippen molar-refractivity contribution in [1.82, 2.24) is 4.98 Å². The standard InChI is InChI=1S/C14H20N2O3/c1-9-7-10(2)16-12(11(9)13(17)18)15-8-14(19)5-3-4-6-14/h7,19H,3-6,8H2,1-2H3,(H,15,16)(H,17,18). The first kappa shape index (κ1) is 13.8. The van der Waals surface area contributed by atoms with Gasteiger partial charge in [0.05, 0.1) is 5.60 Å². The summed E-state index contributed by atoms with van der Waals surface area (Å²) in [6, 6.07) is 1.75. The molecule has 104 valence electrons. The van der Waals surface area contributed by atoms with E-state index in [2.05, 4.69) is 10.3 Å². The van der Waals surface area contributed by atoms with Gasteiger partial charge in [0, 0.05) is 12.2 Å². The number of pyridine rings is 1. The van der Waals surface area contributed by atoms with E-state index in [-0.39, 0.29) is 5.56 Å². The second-order valence-electron chi connectivity index (χ2n) is 5.39. The number of hydrogen-bond acceptors (Lipinski definition) is 4. The second kappa shape index (κ2) is 5.17. The summed E-state index contributed by atoms with van der Waals surface area (Å²) in [7, 11) is 0. The Kier molecular flexibility index (Phi) is 3.75. The molecule has 1 fully saturated rings. The number of carbonyl (C=O) groups is 1. The Hall–Kier alpha value is -1.62. The molecule has 1 aliphatic rings. The van der Waals surface area contributed by atoms with Gasteiger partial charge in [-0.2, -0.15) is 0 Å². The lowest BCUT2D eigenvalue weighted by atomic mass is 10.0. The number of nitrogens with zero attached hydrogens (tertiary/aromatic N) is 1. The maximum absolute atomic E-state index is 11.3. The first-order chi connectivity index (χ1) is 8.91. The molecule has 3 N–H and O–H groups in total. The first-order valence-corrected chi connectivity index (χ1v) is 6.59. The van der Waals surface area contributed by atoms with Crippen molar-refractivity contribution in [2.45, 2.75) is 45.1 Å². The van der Waals surface area contributed by atoms with Crippen molar-refractivity contribution in [3.05, 3.63) is 22.9 Å². The van der Waals surface area contributed by atoms with Crippen LogP contribution in [0.4, 0.5) is 5.82 Å². The van der Waals surface area contributed by atoms with Gasteiger partial charge in [-0.15, -0.1) is 0 Å². The minimum absolute atomic E-state index is 0.187. The van der Waals surface area contributed by atoms with Crippen molar-refractivity contribution >= 4 is 11.8 Å². The van der Waals surface area contributed by atoms with Crippen molar-refractivity contribution < 1.29 is 15.0 Å². The lowest BCUT2D eigenvalue weighted by Gasteiger charge is -2.23. The zero-order valence-electron chi connectivity index (χ0n) is 11.4. The lowest BCUT2D eigenvalue weighted by Crippen LogP contribution is -2.34. The maximum Gasteiger partial charge on any atom is 0.339 e. The highest BCUT2D eigenvalue weighted by Gasteiger charge is 2.31. The van der Waals surface area contributed by atoms with Crippen molar-refractivity contribution in [2.24, 2.45) is 0 Å². The highest BCUT2D eigenvalue weighted by atomic mass is 16.4. The van der Waals surface area contributed by atoms with Gasteiger partial charge in [-0.25, -0.2) is 9.78 Å². The topological polar surface area (TPSA) is 82.5 Å². The van der Waals surface area contributed by atoms with Crippen molar-refractivity contribution in [3.63, 3.8) is 0 Å². The third kappa shape index (κ3) is 3.04. The zero-order chi connectivity index (χ0) is 14.0. The molecular weight excluding hydrogens is 244 g/mol. The third-order valence-corrected chi connectivity index (χ3v) is 3.68. The number of aromatic carboxylic acids is 1. The molecule has 19 heavy (non-hydrogen) atoms. The average Bonchev–Trinajstić information content (AvgIpc) is 2.72. The van der Waals surface area contributed by atoms with Crippen LogP contribution in [0.25, 0.3) is 0 Å². The van der Waals surface area contributed by atoms with E-state index in [0.717, 1.165) is 31.4 Å². The number of carboxylic acids is 1. The fourth-order valence-corrected chi connectivity index (χ4v) is 2.69. The molecule has 0 amide bonds. The normalized spacial score (nSPS) is 17.4. The van der Waals surface area contributed by atoms with E-state index in [1.165, 1.54) is 0 Å². The highest BCUT2D eigenvalue weighted by Crippen LogP contribution is 2.30. The SMILES string of the molecule is Cc1cc(C)c(C(=O)O)c(NCC2(O)CCCC2)n1. The molecule has 0 radical (unpaired) electrons. The fraction of sp³-hybridized carbons (Fsp3) is 0.571. The number of hydrogen-bond donors (Lipinski definition) is 3. The summed E-state index contributed by atoms with van der Waals surface area (Å²) in [4.78, 5) is 15.5. The summed E-state index contributed by atoms with van der Waals surface area (Å²) < 4.78 is 0. The predicted molar refractivity (Wildman–Crippen MR) is 72.6 cm³/mol. The van der Waals surface area contributed by atoms with Crippen LogP contribution in [0.2, 0.25) is 0 Å². The molecule has 1 heterocycles. The monoisotopic (exact) mass is 264 g/mol. The predicted octanol–water partition coefficient (Wildman–Crippen LogP) is 2.11. The number of anilines is 1. The molecule has 1 saturated carbocycles. The smallest absolute Gasteiger partial charge is 0.339 e. The fourth-order valence-electron chi connectivity index (χ4n) is 2.69. The molecule has 1 aromatic heterocycles. The van der Waals surface area contributed by atoms with Crippen LogP contribution in [0.5, 0.6) is 0 Å². The van der Waals surface area contributed by atoms with Gasteiger partial charge < -0.3 is 15.5 Å². The Morgan fingerprint density at radius 3 is 2.63 bits per heavy atom. The number of aromatic nitrogens is 1. The summed E-state index contributed by atoms with van der Waals surface area (Å²) in [5.41, 5.74) is 0.909. The van der Waals surface area contributed by atoms with E-state index in [1.807, 2.05) is 6.92 Å². The molecule has 0 bridgehead atoms. The Bertz CT molecular complexity index is 494. The number of aliphatic hydroxyl groups is 1. The average molecular weight is 264 g/mol. The van der Waals surface area contributed by atoms with E-state index in [9.17, 15) is 15.0 Å². The largest absolute Gasteiger partial charge is 0.478 e. The van der Waals surface area contributed by atoms with Crippen molar-refractivity contribution in [2.75, 3.05) is 11.9 Å². The van der Waals surface area contributed by atoms with Gasteiger partial charge in [0.1, 0.15) is 11.4 Å². The molecule has 0 spiro atoms. The maximum atomic E-state index is 11.3. The molecule has 0 saturated heterocycles. The zero-order valence-corrected chi connectivity index (χ0v) is 11.4. The van der Waals surface area contributed by atoms with Gasteiger partial charge in [-0.05, 0) is 38.3 Å². The van der Waals surface area contributed by atoms with Gasteiger partial charge in [0.2, 0.25) is 0 Å². The van der Waals surface area contributed by atoms with Crippen molar-refractivity contribution in [1.29, 1.82) is 0 Å². The summed E-state index contributed by atoms with van der Waals surface area (Å²) in [6.07, 6.45) is 3.55. The molecule has 1 aromatic rings. The number of rotatable bonds is 4. The van der Waals surface area contributed by atoms with Crippen LogP contribution in [0.1, 0.15) is 47.3 Å². The van der Waals surface area contributed by atoms with Gasteiger partial charge in [0.25, 0.3) is 0 Å². The molecule has 5 heteroatoms. The van der Waals surface area contributed by atoms with Gasteiger partial charge in [-0.3, -0.25) is 0 Å². The molecule has 0 unspecified atom stereocenters. The molecule has 2 rings (SSSR count). The summed E-state index contributed by atoms with van der Waals surface area (Å²) >= 11 is 0. The Balaban J connectivity index is 2.21. The van der Waals surface area contributed by atoms with E-state index >= 15 is 0 Å². The molecule has 0 aliphatic heterocycles. The molecule has 0 aromatic carbocycles. The van der Waals surface area contributed by atoms with E-state index in [4.69, 9.17) is 0 Å². The van der Waals surface area contributed by atoms with Crippen molar-refractivity contribution in [3.8, 4) is 0 Å². The minimum atomic E-state index is -0.995. The molecule has 5 nitrogen and oxygen atoms in total. The van der Waals surface area contributed by atoms with E-state index in [1.54, 1.807) is 13.0 Å². The summed E-state index contributed by atoms with van der Waals surface area (Å²) in [5.74, 6) is -0.642. The van der Waals surface area contributed by atoms with Gasteiger partial charge in [0.15, 0.2) is 0 Å². The molecule has 1 aliphatic carbocycles. The minimum Gasteiger partial charge on any atom is -0.478 e. The Morgan fingerprint density at radius 1 is 1.42 bits per heavy atom. The van der Waals surface area contributed by atoms with Crippen LogP contribution in [0.15, 0.2) is 6.07 Å². The lowest BCUT2D eigenvalue weighted by molar-refractivity contribution is 0.0609. The van der Waals surface area contributed by atoms with Gasteiger partial charge in [-0.1, -0.05) is 12.8 Å². The van der Waals surface area contributed by atoms with Gasteiger partial charge >= 0.3 is 5.97 Å². The van der Waals surface area contributed by atoms with E-state index < -0.39 is 11.6 Å².